The molecule has 0 fully saturated rings. The van der Waals surface area contributed by atoms with Crippen molar-refractivity contribution in [1.29, 1.82) is 0 Å². The molecule has 0 radical (unpaired) electrons. The molecule has 0 aliphatic carbocycles. The van der Waals surface area contributed by atoms with Crippen molar-refractivity contribution in [2.24, 2.45) is 0 Å². The van der Waals surface area contributed by atoms with Gasteiger partial charge in [0.2, 0.25) is 5.78 Å². The summed E-state index contributed by atoms with van der Waals surface area (Å²) < 4.78 is 5.11. The molecule has 21 heavy (non-hydrogen) atoms. The van der Waals surface area contributed by atoms with E-state index in [0.29, 0.717) is 5.56 Å². The summed E-state index contributed by atoms with van der Waals surface area (Å²) in [6, 6.07) is 18.2. The molecule has 0 amide bonds. The average molecular weight is 280 g/mol. The molecule has 0 aliphatic heterocycles. The Balaban J connectivity index is 1.93. The lowest BCUT2D eigenvalue weighted by atomic mass is 10.1. The molecule has 0 N–H and O–H groups in total. The van der Waals surface area contributed by atoms with Crippen LogP contribution < -0.4 is 0 Å². The molecule has 1 atom stereocenters. The van der Waals surface area contributed by atoms with Crippen LogP contribution >= 0.6 is 0 Å². The van der Waals surface area contributed by atoms with Gasteiger partial charge in [-0.3, -0.25) is 4.79 Å². The van der Waals surface area contributed by atoms with Crippen LogP contribution in [0.2, 0.25) is 0 Å². The lowest BCUT2D eigenvalue weighted by molar-refractivity contribution is -0.140. The minimum absolute atomic E-state index is 0.211. The molecule has 106 valence electrons. The maximum Gasteiger partial charge on any atom is 0.331 e. The Kier molecular flexibility index (Phi) is 5.04. The maximum atomic E-state index is 12.1. The summed E-state index contributed by atoms with van der Waals surface area (Å²) >= 11 is 0. The third-order valence-electron chi connectivity index (χ3n) is 2.93. The van der Waals surface area contributed by atoms with Gasteiger partial charge >= 0.3 is 5.97 Å². The van der Waals surface area contributed by atoms with E-state index in [0.717, 1.165) is 5.56 Å². The Labute approximate surface area is 123 Å². The highest BCUT2D eigenvalue weighted by molar-refractivity contribution is 6.00. The molecule has 2 aromatic carbocycles. The van der Waals surface area contributed by atoms with Crippen LogP contribution in [-0.4, -0.2) is 17.9 Å². The number of Topliss-reactive ketones (excluding diaryl/α,β-unsaturated/α-hetero) is 1. The zero-order chi connectivity index (χ0) is 15.1. The average Bonchev–Trinajstić information content (AvgIpc) is 2.54. The van der Waals surface area contributed by atoms with E-state index in [9.17, 15) is 9.59 Å². The lowest BCUT2D eigenvalue weighted by Crippen LogP contribution is -2.23. The van der Waals surface area contributed by atoms with E-state index in [-0.39, 0.29) is 5.78 Å². The van der Waals surface area contributed by atoms with Crippen LogP contribution in [0.25, 0.3) is 6.08 Å². The first-order valence-corrected chi connectivity index (χ1v) is 6.70. The fraction of sp³-hybridized carbons (Fsp3) is 0.111. The van der Waals surface area contributed by atoms with Gasteiger partial charge < -0.3 is 4.74 Å². The molecule has 3 heteroatoms. The quantitative estimate of drug-likeness (QED) is 0.478. The number of carbonyl (C=O) groups excluding carboxylic acids is 2. The zero-order valence-electron chi connectivity index (χ0n) is 11.7. The van der Waals surface area contributed by atoms with Crippen molar-refractivity contribution in [3.05, 3.63) is 77.9 Å². The minimum Gasteiger partial charge on any atom is -0.451 e. The largest absolute Gasteiger partial charge is 0.451 e. The first kappa shape index (κ1) is 14.7. The molecular formula is C18H16O3. The third-order valence-corrected chi connectivity index (χ3v) is 2.93. The number of hydrogen-bond donors (Lipinski definition) is 0. The van der Waals surface area contributed by atoms with E-state index in [2.05, 4.69) is 0 Å². The zero-order valence-corrected chi connectivity index (χ0v) is 11.7. The number of carbonyl (C=O) groups is 2. The van der Waals surface area contributed by atoms with Gasteiger partial charge in [0.05, 0.1) is 0 Å². The monoisotopic (exact) mass is 280 g/mol. The van der Waals surface area contributed by atoms with Gasteiger partial charge in [0, 0.05) is 11.6 Å². The molecule has 0 aromatic heterocycles. The number of ketones is 1. The van der Waals surface area contributed by atoms with Crippen molar-refractivity contribution < 1.29 is 14.3 Å². The maximum absolute atomic E-state index is 12.1. The van der Waals surface area contributed by atoms with E-state index in [1.807, 2.05) is 36.4 Å². The molecular weight excluding hydrogens is 264 g/mol. The summed E-state index contributed by atoms with van der Waals surface area (Å²) in [5.41, 5.74) is 1.43. The van der Waals surface area contributed by atoms with Crippen molar-refractivity contribution in [3.63, 3.8) is 0 Å². The normalized spacial score (nSPS) is 12.0. The van der Waals surface area contributed by atoms with Crippen molar-refractivity contribution in [3.8, 4) is 0 Å². The number of esters is 1. The van der Waals surface area contributed by atoms with Gasteiger partial charge in [-0.25, -0.2) is 4.79 Å². The van der Waals surface area contributed by atoms with Crippen LogP contribution in [0.4, 0.5) is 0 Å². The van der Waals surface area contributed by atoms with E-state index in [1.54, 1.807) is 37.3 Å². The molecule has 0 saturated carbocycles. The summed E-state index contributed by atoms with van der Waals surface area (Å²) in [5.74, 6) is -0.743. The summed E-state index contributed by atoms with van der Waals surface area (Å²) in [5, 5.41) is 0. The fourth-order valence-electron chi connectivity index (χ4n) is 1.83. The first-order chi connectivity index (χ1) is 10.2. The predicted octanol–water partition coefficient (Wildman–Crippen LogP) is 3.51. The van der Waals surface area contributed by atoms with E-state index in [4.69, 9.17) is 4.74 Å². The second-order valence-electron chi connectivity index (χ2n) is 4.55. The van der Waals surface area contributed by atoms with Crippen LogP contribution in [0.3, 0.4) is 0 Å². The number of ether oxygens (including phenoxy) is 1. The molecule has 2 rings (SSSR count). The van der Waals surface area contributed by atoms with Crippen LogP contribution in [0.5, 0.6) is 0 Å². The van der Waals surface area contributed by atoms with Gasteiger partial charge in [0.1, 0.15) is 0 Å². The van der Waals surface area contributed by atoms with Crippen molar-refractivity contribution in [2.45, 2.75) is 13.0 Å². The van der Waals surface area contributed by atoms with Gasteiger partial charge in [0.15, 0.2) is 6.10 Å². The van der Waals surface area contributed by atoms with Gasteiger partial charge in [-0.1, -0.05) is 60.7 Å². The summed E-state index contributed by atoms with van der Waals surface area (Å²) in [6.45, 7) is 1.57. The fourth-order valence-corrected chi connectivity index (χ4v) is 1.83. The highest BCUT2D eigenvalue weighted by Gasteiger charge is 2.17. The second-order valence-corrected chi connectivity index (χ2v) is 4.55. The minimum atomic E-state index is -0.805. The van der Waals surface area contributed by atoms with Crippen LogP contribution in [0.1, 0.15) is 22.8 Å². The first-order valence-electron chi connectivity index (χ1n) is 6.70. The molecule has 0 heterocycles. The topological polar surface area (TPSA) is 43.4 Å². The van der Waals surface area contributed by atoms with E-state index >= 15 is 0 Å². The summed E-state index contributed by atoms with van der Waals surface area (Å²) in [7, 11) is 0. The van der Waals surface area contributed by atoms with Gasteiger partial charge in [-0.15, -0.1) is 0 Å². The van der Waals surface area contributed by atoms with Crippen molar-refractivity contribution in [2.75, 3.05) is 0 Å². The SMILES string of the molecule is C[C@H](OC(=O)/C=C/c1ccccc1)C(=O)c1ccccc1. The molecule has 2 aromatic rings. The predicted molar refractivity (Wildman–Crippen MR) is 81.8 cm³/mol. The van der Waals surface area contributed by atoms with Gasteiger partial charge in [0.25, 0.3) is 0 Å². The molecule has 3 nitrogen and oxygen atoms in total. The Morgan fingerprint density at radius 1 is 0.952 bits per heavy atom. The number of benzene rings is 2. The Morgan fingerprint density at radius 3 is 2.14 bits per heavy atom. The van der Waals surface area contributed by atoms with Crippen LogP contribution in [0, 0.1) is 0 Å². The summed E-state index contributed by atoms with van der Waals surface area (Å²) in [4.78, 5) is 23.8. The van der Waals surface area contributed by atoms with Gasteiger partial charge in [-0.05, 0) is 18.6 Å². The van der Waals surface area contributed by atoms with Gasteiger partial charge in [-0.2, -0.15) is 0 Å². The number of rotatable bonds is 5. The Hall–Kier alpha value is -2.68. The molecule has 0 spiro atoms. The summed E-state index contributed by atoms with van der Waals surface area (Å²) in [6.07, 6.45) is 2.17. The van der Waals surface area contributed by atoms with E-state index < -0.39 is 12.1 Å². The lowest BCUT2D eigenvalue weighted by Gasteiger charge is -2.10. The highest BCUT2D eigenvalue weighted by atomic mass is 16.5. The number of hydrogen-bond acceptors (Lipinski definition) is 3. The van der Waals surface area contributed by atoms with E-state index in [1.165, 1.54) is 6.08 Å². The Bertz CT molecular complexity index is 630. The second kappa shape index (κ2) is 7.20. The highest BCUT2D eigenvalue weighted by Crippen LogP contribution is 2.07. The smallest absolute Gasteiger partial charge is 0.331 e. The van der Waals surface area contributed by atoms with Crippen LogP contribution in [0.15, 0.2) is 66.7 Å². The molecule has 0 bridgehead atoms. The van der Waals surface area contributed by atoms with Crippen LogP contribution in [-0.2, 0) is 9.53 Å². The van der Waals surface area contributed by atoms with Crippen molar-refractivity contribution >= 4 is 17.8 Å². The standard InChI is InChI=1S/C18H16O3/c1-14(18(20)16-10-6-3-7-11-16)21-17(19)13-12-15-8-4-2-5-9-15/h2-14H,1H3/b13-12+/t14-/m0/s1. The van der Waals surface area contributed by atoms with Crippen molar-refractivity contribution in [1.82, 2.24) is 0 Å². The molecule has 0 aliphatic rings. The third kappa shape index (κ3) is 4.42. The molecule has 0 saturated heterocycles. The Morgan fingerprint density at radius 2 is 1.52 bits per heavy atom. The molecule has 0 unspecified atom stereocenters.